The quantitative estimate of drug-likeness (QED) is 0.505. The van der Waals surface area contributed by atoms with Crippen LogP contribution in [0, 0.1) is 0 Å². The monoisotopic (exact) mass is 177 g/mol. The van der Waals surface area contributed by atoms with Crippen molar-refractivity contribution in [3.63, 3.8) is 0 Å². The zero-order chi connectivity index (χ0) is 8.69. The summed E-state index contributed by atoms with van der Waals surface area (Å²) in [6, 6.07) is 0. The van der Waals surface area contributed by atoms with Gasteiger partial charge in [-0.3, -0.25) is 4.79 Å². The summed E-state index contributed by atoms with van der Waals surface area (Å²) in [7, 11) is 1.61. The largest absolute Gasteiger partial charge is 0.358 e. The van der Waals surface area contributed by atoms with Gasteiger partial charge in [-0.05, 0) is 6.42 Å². The van der Waals surface area contributed by atoms with E-state index in [1.165, 1.54) is 0 Å². The summed E-state index contributed by atoms with van der Waals surface area (Å²) in [5, 5.41) is 2.18. The molecule has 1 amide bonds. The van der Waals surface area contributed by atoms with Crippen LogP contribution in [0.5, 0.6) is 0 Å². The van der Waals surface area contributed by atoms with E-state index in [2.05, 4.69) is 12.2 Å². The molecule has 3 heteroatoms. The third kappa shape index (κ3) is 5.08. The Balaban J connectivity index is 3.36. The lowest BCUT2D eigenvalue weighted by Gasteiger charge is -2.05. The van der Waals surface area contributed by atoms with Crippen LogP contribution in [0.2, 0.25) is 0 Å². The third-order valence-corrected chi connectivity index (χ3v) is 2.01. The number of nitrogens with one attached hydrogen (secondary N) is 1. The molecule has 0 aromatic rings. The third-order valence-electron chi connectivity index (χ3n) is 1.59. The minimum Gasteiger partial charge on any atom is -0.358 e. The van der Waals surface area contributed by atoms with Gasteiger partial charge in [0.15, 0.2) is 0 Å². The highest BCUT2D eigenvalue weighted by Crippen LogP contribution is 2.08. The van der Waals surface area contributed by atoms with Crippen molar-refractivity contribution in [3.8, 4) is 0 Å². The zero-order valence-corrected chi connectivity index (χ0v) is 7.95. The van der Waals surface area contributed by atoms with Gasteiger partial charge in [-0.25, -0.2) is 0 Å². The molecule has 0 aliphatic heterocycles. The van der Waals surface area contributed by atoms with Crippen LogP contribution >= 0.6 is 11.6 Å². The molecule has 1 unspecified atom stereocenters. The molecule has 0 heterocycles. The topological polar surface area (TPSA) is 29.1 Å². The van der Waals surface area contributed by atoms with Crippen molar-refractivity contribution in [3.05, 3.63) is 0 Å². The Morgan fingerprint density at radius 2 is 2.18 bits per heavy atom. The molecular weight excluding hydrogens is 162 g/mol. The van der Waals surface area contributed by atoms with Crippen LogP contribution in [-0.2, 0) is 4.79 Å². The number of unbranched alkanes of at least 4 members (excludes halogenated alkanes) is 2. The highest BCUT2D eigenvalue weighted by molar-refractivity contribution is 6.30. The van der Waals surface area contributed by atoms with E-state index in [9.17, 15) is 4.79 Å². The first-order valence-electron chi connectivity index (χ1n) is 4.08. The molecule has 11 heavy (non-hydrogen) atoms. The summed E-state index contributed by atoms with van der Waals surface area (Å²) in [6.45, 7) is 2.13. The van der Waals surface area contributed by atoms with Gasteiger partial charge in [0.1, 0.15) is 5.38 Å². The van der Waals surface area contributed by atoms with E-state index in [1.807, 2.05) is 0 Å². The summed E-state index contributed by atoms with van der Waals surface area (Å²) in [5.41, 5.74) is 0. The second kappa shape index (κ2) is 6.47. The molecule has 0 fully saturated rings. The highest BCUT2D eigenvalue weighted by atomic mass is 35.5. The number of amides is 1. The van der Waals surface area contributed by atoms with E-state index < -0.39 is 0 Å². The van der Waals surface area contributed by atoms with Crippen molar-refractivity contribution in [2.45, 2.75) is 38.0 Å². The van der Waals surface area contributed by atoms with Crippen molar-refractivity contribution >= 4 is 17.5 Å². The fraction of sp³-hybridized carbons (Fsp3) is 0.875. The Bertz CT molecular complexity index is 117. The predicted molar refractivity (Wildman–Crippen MR) is 47.8 cm³/mol. The first-order chi connectivity index (χ1) is 5.22. The second-order valence-electron chi connectivity index (χ2n) is 2.58. The maximum Gasteiger partial charge on any atom is 0.237 e. The Kier molecular flexibility index (Phi) is 6.33. The summed E-state index contributed by atoms with van der Waals surface area (Å²) in [4.78, 5) is 10.9. The van der Waals surface area contributed by atoms with Gasteiger partial charge < -0.3 is 5.32 Å². The first kappa shape index (κ1) is 10.8. The zero-order valence-electron chi connectivity index (χ0n) is 7.19. The maximum atomic E-state index is 10.9. The van der Waals surface area contributed by atoms with Gasteiger partial charge in [0.2, 0.25) is 5.91 Å². The molecule has 0 aliphatic carbocycles. The van der Waals surface area contributed by atoms with Gasteiger partial charge >= 0.3 is 0 Å². The Hall–Kier alpha value is -0.240. The highest BCUT2D eigenvalue weighted by Gasteiger charge is 2.11. The first-order valence-corrected chi connectivity index (χ1v) is 4.51. The van der Waals surface area contributed by atoms with E-state index in [0.717, 1.165) is 25.7 Å². The number of rotatable bonds is 5. The Morgan fingerprint density at radius 1 is 1.55 bits per heavy atom. The van der Waals surface area contributed by atoms with Gasteiger partial charge in [-0.2, -0.15) is 0 Å². The smallest absolute Gasteiger partial charge is 0.237 e. The normalized spacial score (nSPS) is 12.6. The standard InChI is InChI=1S/C8H16ClNO/c1-3-4-5-6-7(9)8(11)10-2/h7H,3-6H2,1-2H3,(H,10,11). The summed E-state index contributed by atoms with van der Waals surface area (Å²) >= 11 is 5.76. The van der Waals surface area contributed by atoms with Crippen LogP contribution in [0.1, 0.15) is 32.6 Å². The lowest BCUT2D eigenvalue weighted by Crippen LogP contribution is -2.27. The van der Waals surface area contributed by atoms with E-state index in [1.54, 1.807) is 7.05 Å². The number of halogens is 1. The molecule has 66 valence electrons. The van der Waals surface area contributed by atoms with E-state index in [-0.39, 0.29) is 11.3 Å². The van der Waals surface area contributed by atoms with E-state index in [0.29, 0.717) is 0 Å². The molecule has 0 radical (unpaired) electrons. The van der Waals surface area contributed by atoms with Crippen LogP contribution in [0.4, 0.5) is 0 Å². The van der Waals surface area contributed by atoms with Gasteiger partial charge in [0, 0.05) is 7.05 Å². The number of carbonyl (C=O) groups is 1. The second-order valence-corrected chi connectivity index (χ2v) is 3.10. The molecule has 0 rings (SSSR count). The van der Waals surface area contributed by atoms with E-state index >= 15 is 0 Å². The average Bonchev–Trinajstić information content (AvgIpc) is 2.03. The molecule has 1 N–H and O–H groups in total. The molecule has 0 saturated carbocycles. The van der Waals surface area contributed by atoms with Crippen molar-refractivity contribution in [2.24, 2.45) is 0 Å². The summed E-state index contributed by atoms with van der Waals surface area (Å²) in [6.07, 6.45) is 4.14. The average molecular weight is 178 g/mol. The number of alkyl halides is 1. The maximum absolute atomic E-state index is 10.9. The molecule has 1 atom stereocenters. The van der Waals surface area contributed by atoms with Crippen LogP contribution in [0.3, 0.4) is 0 Å². The molecule has 0 aromatic carbocycles. The molecule has 0 spiro atoms. The molecule has 0 aliphatic rings. The van der Waals surface area contributed by atoms with Crippen LogP contribution in [0.15, 0.2) is 0 Å². The fourth-order valence-corrected chi connectivity index (χ4v) is 1.12. The van der Waals surface area contributed by atoms with Gasteiger partial charge in [0.05, 0.1) is 0 Å². The SMILES string of the molecule is CCCCCC(Cl)C(=O)NC. The van der Waals surface area contributed by atoms with Crippen molar-refractivity contribution in [1.29, 1.82) is 0 Å². The molecule has 0 saturated heterocycles. The summed E-state index contributed by atoms with van der Waals surface area (Å²) < 4.78 is 0. The van der Waals surface area contributed by atoms with Crippen LogP contribution in [-0.4, -0.2) is 18.3 Å². The Labute approximate surface area is 73.3 Å². The lowest BCUT2D eigenvalue weighted by molar-refractivity contribution is -0.120. The minimum absolute atomic E-state index is 0.0669. The number of hydrogen-bond acceptors (Lipinski definition) is 1. The Morgan fingerprint density at radius 3 is 2.64 bits per heavy atom. The predicted octanol–water partition coefficient (Wildman–Crippen LogP) is 1.92. The molecular formula is C8H16ClNO. The van der Waals surface area contributed by atoms with E-state index in [4.69, 9.17) is 11.6 Å². The van der Waals surface area contributed by atoms with Crippen molar-refractivity contribution < 1.29 is 4.79 Å². The van der Waals surface area contributed by atoms with Crippen LogP contribution in [0.25, 0.3) is 0 Å². The number of hydrogen-bond donors (Lipinski definition) is 1. The van der Waals surface area contributed by atoms with Crippen LogP contribution < -0.4 is 5.32 Å². The van der Waals surface area contributed by atoms with Gasteiger partial charge in [-0.15, -0.1) is 11.6 Å². The van der Waals surface area contributed by atoms with Crippen molar-refractivity contribution in [2.75, 3.05) is 7.05 Å². The minimum atomic E-state index is -0.341. The van der Waals surface area contributed by atoms with Gasteiger partial charge in [0.25, 0.3) is 0 Å². The molecule has 0 bridgehead atoms. The lowest BCUT2D eigenvalue weighted by atomic mass is 10.1. The van der Waals surface area contributed by atoms with Crippen molar-refractivity contribution in [1.82, 2.24) is 5.32 Å². The molecule has 2 nitrogen and oxygen atoms in total. The van der Waals surface area contributed by atoms with Gasteiger partial charge in [-0.1, -0.05) is 26.2 Å². The fourth-order valence-electron chi connectivity index (χ4n) is 0.861. The summed E-state index contributed by atoms with van der Waals surface area (Å²) in [5.74, 6) is -0.0669. The molecule has 0 aromatic heterocycles. The number of carbonyl (C=O) groups excluding carboxylic acids is 1.